The van der Waals surface area contributed by atoms with E-state index in [-0.39, 0.29) is 11.3 Å². The van der Waals surface area contributed by atoms with Crippen molar-refractivity contribution in [2.75, 3.05) is 39.2 Å². The van der Waals surface area contributed by atoms with Crippen LogP contribution in [0, 0.1) is 11.6 Å². The first-order chi connectivity index (χ1) is 9.01. The van der Waals surface area contributed by atoms with Crippen molar-refractivity contribution in [1.29, 1.82) is 0 Å². The molecule has 0 bridgehead atoms. The largest absolute Gasteiger partial charge is 0.383 e. The summed E-state index contributed by atoms with van der Waals surface area (Å²) >= 11 is 0. The molecule has 6 heteroatoms. The van der Waals surface area contributed by atoms with Gasteiger partial charge in [0.05, 0.1) is 6.61 Å². The second-order valence-electron chi connectivity index (χ2n) is 4.06. The van der Waals surface area contributed by atoms with Crippen LogP contribution in [0.25, 0.3) is 0 Å². The number of amides is 1. The molecule has 0 saturated carbocycles. The van der Waals surface area contributed by atoms with E-state index in [1.165, 1.54) is 12.0 Å². The summed E-state index contributed by atoms with van der Waals surface area (Å²) in [5.41, 5.74) is -0.228. The molecule has 0 aliphatic rings. The van der Waals surface area contributed by atoms with Crippen molar-refractivity contribution in [2.45, 2.75) is 6.92 Å². The van der Waals surface area contributed by atoms with E-state index in [0.29, 0.717) is 19.7 Å². The Morgan fingerprint density at radius 2 is 1.95 bits per heavy atom. The number of nitrogens with zero attached hydrogens (tertiary/aromatic N) is 1. The van der Waals surface area contributed by atoms with Gasteiger partial charge in [0.15, 0.2) is 0 Å². The van der Waals surface area contributed by atoms with Crippen molar-refractivity contribution < 1.29 is 18.3 Å². The van der Waals surface area contributed by atoms with Gasteiger partial charge in [-0.2, -0.15) is 0 Å². The van der Waals surface area contributed by atoms with Crippen molar-refractivity contribution in [2.24, 2.45) is 0 Å². The molecule has 1 amide bonds. The third-order valence-corrected chi connectivity index (χ3v) is 2.62. The first kappa shape index (κ1) is 15.4. The Balaban J connectivity index is 2.93. The number of carbonyl (C=O) groups excluding carboxylic acids is 1. The zero-order chi connectivity index (χ0) is 14.4. The smallest absolute Gasteiger partial charge is 0.253 e. The third-order valence-electron chi connectivity index (χ3n) is 2.62. The number of anilines is 1. The van der Waals surface area contributed by atoms with Gasteiger partial charge in [-0.25, -0.2) is 8.78 Å². The minimum absolute atomic E-state index is 0.0183. The van der Waals surface area contributed by atoms with Crippen LogP contribution in [0.1, 0.15) is 17.3 Å². The van der Waals surface area contributed by atoms with Crippen molar-refractivity contribution in [3.8, 4) is 0 Å². The summed E-state index contributed by atoms with van der Waals surface area (Å²) < 4.78 is 32.2. The first-order valence-corrected chi connectivity index (χ1v) is 5.98. The Morgan fingerprint density at radius 3 is 2.42 bits per heavy atom. The van der Waals surface area contributed by atoms with Gasteiger partial charge in [-0.05, 0) is 19.1 Å². The molecular weight excluding hydrogens is 254 g/mol. The molecule has 0 aliphatic carbocycles. The second-order valence-corrected chi connectivity index (χ2v) is 4.06. The van der Waals surface area contributed by atoms with E-state index in [0.717, 1.165) is 12.1 Å². The maximum absolute atomic E-state index is 13.7. The van der Waals surface area contributed by atoms with Gasteiger partial charge in [0.2, 0.25) is 0 Å². The van der Waals surface area contributed by atoms with Gasteiger partial charge >= 0.3 is 0 Å². The lowest BCUT2D eigenvalue weighted by atomic mass is 10.1. The van der Waals surface area contributed by atoms with Gasteiger partial charge in [0.1, 0.15) is 17.3 Å². The standard InChI is InChI=1S/C13H18F2N2O2/c1-4-16-12-10(14)7-9(8-11(12)15)13(18)17(2)5-6-19-3/h7-8,16H,4-6H2,1-3H3. The lowest BCUT2D eigenvalue weighted by Crippen LogP contribution is -2.30. The van der Waals surface area contributed by atoms with Crippen LogP contribution in [0.4, 0.5) is 14.5 Å². The Morgan fingerprint density at radius 1 is 1.37 bits per heavy atom. The number of hydrogen-bond donors (Lipinski definition) is 1. The molecule has 1 aromatic rings. The van der Waals surface area contributed by atoms with E-state index in [4.69, 9.17) is 4.74 Å². The quantitative estimate of drug-likeness (QED) is 0.862. The van der Waals surface area contributed by atoms with E-state index in [9.17, 15) is 13.6 Å². The lowest BCUT2D eigenvalue weighted by molar-refractivity contribution is 0.0743. The predicted octanol–water partition coefficient (Wildman–Crippen LogP) is 2.12. The summed E-state index contributed by atoms with van der Waals surface area (Å²) in [6.07, 6.45) is 0. The minimum Gasteiger partial charge on any atom is -0.383 e. The number of hydrogen-bond acceptors (Lipinski definition) is 3. The molecule has 0 radical (unpaired) electrons. The molecule has 1 N–H and O–H groups in total. The summed E-state index contributed by atoms with van der Waals surface area (Å²) in [4.78, 5) is 13.3. The number of nitrogens with one attached hydrogen (secondary N) is 1. The van der Waals surface area contributed by atoms with Crippen LogP contribution >= 0.6 is 0 Å². The van der Waals surface area contributed by atoms with Crippen LogP contribution in [0.2, 0.25) is 0 Å². The monoisotopic (exact) mass is 272 g/mol. The molecule has 1 aromatic carbocycles. The summed E-state index contributed by atoms with van der Waals surface area (Å²) in [6, 6.07) is 2.07. The summed E-state index contributed by atoms with van der Waals surface area (Å²) in [5, 5.41) is 2.58. The van der Waals surface area contributed by atoms with Crippen molar-refractivity contribution in [3.63, 3.8) is 0 Å². The van der Waals surface area contributed by atoms with E-state index in [2.05, 4.69) is 5.32 Å². The fourth-order valence-electron chi connectivity index (χ4n) is 1.59. The van der Waals surface area contributed by atoms with Gasteiger partial charge < -0.3 is 15.0 Å². The van der Waals surface area contributed by atoms with Crippen molar-refractivity contribution >= 4 is 11.6 Å². The lowest BCUT2D eigenvalue weighted by Gasteiger charge is -2.17. The van der Waals surface area contributed by atoms with Crippen LogP contribution in [-0.4, -0.2) is 44.7 Å². The molecule has 4 nitrogen and oxygen atoms in total. The molecule has 0 aromatic heterocycles. The highest BCUT2D eigenvalue weighted by Gasteiger charge is 2.17. The number of likely N-dealkylation sites (N-methyl/N-ethyl adjacent to an activating group) is 1. The van der Waals surface area contributed by atoms with E-state index >= 15 is 0 Å². The maximum atomic E-state index is 13.7. The average molecular weight is 272 g/mol. The van der Waals surface area contributed by atoms with Crippen molar-refractivity contribution in [3.05, 3.63) is 29.3 Å². The van der Waals surface area contributed by atoms with Crippen LogP contribution in [-0.2, 0) is 4.74 Å². The zero-order valence-corrected chi connectivity index (χ0v) is 11.3. The number of ether oxygens (including phenoxy) is 1. The van der Waals surface area contributed by atoms with Gasteiger partial charge in [0, 0.05) is 32.8 Å². The van der Waals surface area contributed by atoms with Crippen LogP contribution in [0.5, 0.6) is 0 Å². The second kappa shape index (κ2) is 7.04. The summed E-state index contributed by atoms with van der Waals surface area (Å²) in [5.74, 6) is -1.99. The van der Waals surface area contributed by atoms with Crippen LogP contribution < -0.4 is 5.32 Å². The van der Waals surface area contributed by atoms with Crippen LogP contribution in [0.3, 0.4) is 0 Å². The minimum atomic E-state index is -0.773. The van der Waals surface area contributed by atoms with E-state index in [1.54, 1.807) is 14.0 Å². The summed E-state index contributed by atoms with van der Waals surface area (Å²) in [7, 11) is 3.07. The molecule has 106 valence electrons. The highest BCUT2D eigenvalue weighted by Crippen LogP contribution is 2.21. The van der Waals surface area contributed by atoms with Crippen LogP contribution in [0.15, 0.2) is 12.1 Å². The predicted molar refractivity (Wildman–Crippen MR) is 69.4 cm³/mol. The number of benzene rings is 1. The van der Waals surface area contributed by atoms with E-state index < -0.39 is 17.5 Å². The van der Waals surface area contributed by atoms with Gasteiger partial charge in [-0.1, -0.05) is 0 Å². The first-order valence-electron chi connectivity index (χ1n) is 5.98. The Hall–Kier alpha value is -1.69. The normalized spacial score (nSPS) is 10.4. The topological polar surface area (TPSA) is 41.6 Å². The molecule has 0 fully saturated rings. The molecule has 1 rings (SSSR count). The molecule has 0 spiro atoms. The molecule has 0 atom stereocenters. The zero-order valence-electron chi connectivity index (χ0n) is 11.3. The van der Waals surface area contributed by atoms with Gasteiger partial charge in [-0.15, -0.1) is 0 Å². The third kappa shape index (κ3) is 3.89. The van der Waals surface area contributed by atoms with Crippen molar-refractivity contribution in [1.82, 2.24) is 4.90 Å². The molecular formula is C13H18F2N2O2. The fourth-order valence-corrected chi connectivity index (χ4v) is 1.59. The SMILES string of the molecule is CCNc1c(F)cc(C(=O)N(C)CCOC)cc1F. The number of halogens is 2. The molecule has 19 heavy (non-hydrogen) atoms. The molecule has 0 aliphatic heterocycles. The molecule has 0 unspecified atom stereocenters. The highest BCUT2D eigenvalue weighted by atomic mass is 19.1. The number of rotatable bonds is 6. The van der Waals surface area contributed by atoms with E-state index in [1.807, 2.05) is 0 Å². The highest BCUT2D eigenvalue weighted by molar-refractivity contribution is 5.94. The Kier molecular flexibility index (Phi) is 5.69. The summed E-state index contributed by atoms with van der Waals surface area (Å²) in [6.45, 7) is 2.85. The van der Waals surface area contributed by atoms with Gasteiger partial charge in [-0.3, -0.25) is 4.79 Å². The molecule has 0 saturated heterocycles. The van der Waals surface area contributed by atoms with Gasteiger partial charge in [0.25, 0.3) is 5.91 Å². The maximum Gasteiger partial charge on any atom is 0.253 e. The average Bonchev–Trinajstić information content (AvgIpc) is 2.39. The Bertz CT molecular complexity index is 429. The number of methoxy groups -OCH3 is 1. The Labute approximate surface area is 111 Å². The fraction of sp³-hybridized carbons (Fsp3) is 0.462. The number of carbonyl (C=O) groups is 1. The molecule has 0 heterocycles.